The number of ether oxygens (including phenoxy) is 1. The molecule has 0 aliphatic carbocycles. The Hall–Kier alpha value is -4.11. The third kappa shape index (κ3) is 4.58. The van der Waals surface area contributed by atoms with E-state index in [2.05, 4.69) is 21.7 Å². The van der Waals surface area contributed by atoms with Crippen molar-refractivity contribution >= 4 is 23.1 Å². The van der Waals surface area contributed by atoms with Crippen molar-refractivity contribution in [2.45, 2.75) is 40.3 Å². The number of esters is 1. The van der Waals surface area contributed by atoms with E-state index in [4.69, 9.17) is 4.74 Å². The zero-order valence-corrected chi connectivity index (χ0v) is 19.2. The lowest BCUT2D eigenvalue weighted by Crippen LogP contribution is -2.11. The van der Waals surface area contributed by atoms with Crippen LogP contribution < -0.4 is 0 Å². The molecule has 0 radical (unpaired) electrons. The average Bonchev–Trinajstić information content (AvgIpc) is 3.33. The number of para-hydroxylation sites is 2. The maximum absolute atomic E-state index is 12.1. The van der Waals surface area contributed by atoms with Gasteiger partial charge in [-0.2, -0.15) is 5.26 Å². The molecule has 0 aliphatic rings. The number of rotatable bonds is 6. The summed E-state index contributed by atoms with van der Waals surface area (Å²) in [4.78, 5) is 16.5. The molecule has 33 heavy (non-hydrogen) atoms. The lowest BCUT2D eigenvalue weighted by atomic mass is 10.1. The highest BCUT2D eigenvalue weighted by molar-refractivity contribution is 5.89. The largest absolute Gasteiger partial charge is 0.459 e. The summed E-state index contributed by atoms with van der Waals surface area (Å²) in [6.07, 6.45) is 3.54. The molecule has 0 saturated carbocycles. The van der Waals surface area contributed by atoms with Crippen LogP contribution in [-0.2, 0) is 11.3 Å². The van der Waals surface area contributed by atoms with E-state index in [1.165, 1.54) is 0 Å². The van der Waals surface area contributed by atoms with Crippen molar-refractivity contribution in [3.8, 4) is 11.8 Å². The molecule has 0 atom stereocenters. The topological polar surface area (TPSA) is 72.8 Å². The van der Waals surface area contributed by atoms with E-state index in [1.54, 1.807) is 18.5 Å². The fraction of sp³-hybridized carbons (Fsp3) is 0.222. The minimum Gasteiger partial charge on any atom is -0.459 e. The molecule has 0 aliphatic heterocycles. The molecule has 2 aromatic carbocycles. The van der Waals surface area contributed by atoms with Crippen molar-refractivity contribution in [1.82, 2.24) is 14.1 Å². The zero-order valence-electron chi connectivity index (χ0n) is 19.2. The minimum atomic E-state index is -0.327. The van der Waals surface area contributed by atoms with Crippen LogP contribution in [0.4, 0.5) is 0 Å². The average molecular weight is 439 g/mol. The summed E-state index contributed by atoms with van der Waals surface area (Å²) in [5.41, 5.74) is 7.07. The first-order valence-corrected chi connectivity index (χ1v) is 10.9. The van der Waals surface area contributed by atoms with Gasteiger partial charge >= 0.3 is 5.97 Å². The Morgan fingerprint density at radius 1 is 1.15 bits per heavy atom. The number of fused-ring (bicyclic) bond motifs is 1. The second-order valence-electron chi connectivity index (χ2n) is 8.31. The van der Waals surface area contributed by atoms with Gasteiger partial charge in [0.15, 0.2) is 0 Å². The second-order valence-corrected chi connectivity index (χ2v) is 8.31. The van der Waals surface area contributed by atoms with E-state index in [0.717, 1.165) is 33.7 Å². The highest BCUT2D eigenvalue weighted by Gasteiger charge is 2.13. The summed E-state index contributed by atoms with van der Waals surface area (Å²) in [5, 5.41) is 9.78. The van der Waals surface area contributed by atoms with Gasteiger partial charge in [-0.05, 0) is 81.8 Å². The van der Waals surface area contributed by atoms with Crippen LogP contribution in [0.15, 0.2) is 66.5 Å². The number of hydrogen-bond acceptors (Lipinski definition) is 4. The Labute approximate surface area is 193 Å². The Kier molecular flexibility index (Phi) is 6.14. The van der Waals surface area contributed by atoms with Crippen LogP contribution in [-0.4, -0.2) is 26.2 Å². The van der Waals surface area contributed by atoms with Crippen LogP contribution in [0, 0.1) is 25.2 Å². The van der Waals surface area contributed by atoms with E-state index in [-0.39, 0.29) is 12.1 Å². The van der Waals surface area contributed by atoms with E-state index < -0.39 is 0 Å². The molecule has 4 aromatic rings. The summed E-state index contributed by atoms with van der Waals surface area (Å²) >= 11 is 0. The molecule has 166 valence electrons. The number of imidazole rings is 1. The fourth-order valence-corrected chi connectivity index (χ4v) is 3.98. The van der Waals surface area contributed by atoms with Gasteiger partial charge in [0.2, 0.25) is 0 Å². The summed E-state index contributed by atoms with van der Waals surface area (Å²) < 4.78 is 9.37. The summed E-state index contributed by atoms with van der Waals surface area (Å²) in [6, 6.07) is 19.7. The van der Waals surface area contributed by atoms with Gasteiger partial charge < -0.3 is 13.9 Å². The van der Waals surface area contributed by atoms with Crippen molar-refractivity contribution < 1.29 is 9.53 Å². The van der Waals surface area contributed by atoms with Gasteiger partial charge in [0, 0.05) is 22.6 Å². The molecule has 0 saturated heterocycles. The Morgan fingerprint density at radius 3 is 2.58 bits per heavy atom. The van der Waals surface area contributed by atoms with E-state index in [9.17, 15) is 10.1 Å². The van der Waals surface area contributed by atoms with E-state index in [0.29, 0.717) is 17.7 Å². The van der Waals surface area contributed by atoms with E-state index >= 15 is 0 Å². The quantitative estimate of drug-likeness (QED) is 0.289. The number of carbonyl (C=O) groups is 1. The van der Waals surface area contributed by atoms with E-state index in [1.807, 2.05) is 74.7 Å². The molecule has 6 nitrogen and oxygen atoms in total. The number of carbonyl (C=O) groups excluding carboxylic acids is 1. The van der Waals surface area contributed by atoms with Crippen LogP contribution in [0.25, 0.3) is 22.8 Å². The summed E-state index contributed by atoms with van der Waals surface area (Å²) in [6.45, 7) is 8.17. The Bertz CT molecular complexity index is 1380. The van der Waals surface area contributed by atoms with Crippen molar-refractivity contribution in [2.75, 3.05) is 0 Å². The van der Waals surface area contributed by atoms with Gasteiger partial charge in [0.25, 0.3) is 0 Å². The third-order valence-corrected chi connectivity index (χ3v) is 5.52. The SMILES string of the molecule is Cc1cc(/C=C(/C#N)Cn2cnc3ccccc32)c(C)n1-c1ccc(C(=O)OC(C)C)cc1. The van der Waals surface area contributed by atoms with Crippen molar-refractivity contribution in [1.29, 1.82) is 5.26 Å². The zero-order chi connectivity index (χ0) is 23.5. The number of nitriles is 1. The lowest BCUT2D eigenvalue weighted by Gasteiger charge is -2.11. The summed E-state index contributed by atoms with van der Waals surface area (Å²) in [7, 11) is 0. The first-order valence-electron chi connectivity index (χ1n) is 10.9. The van der Waals surface area contributed by atoms with Crippen molar-refractivity contribution in [2.24, 2.45) is 0 Å². The molecule has 2 heterocycles. The van der Waals surface area contributed by atoms with Gasteiger partial charge in [-0.15, -0.1) is 0 Å². The highest BCUT2D eigenvalue weighted by Crippen LogP contribution is 2.24. The second kappa shape index (κ2) is 9.17. The molecule has 0 N–H and O–H groups in total. The molecule has 0 bridgehead atoms. The number of allylic oxidation sites excluding steroid dienone is 1. The first-order chi connectivity index (χ1) is 15.9. The van der Waals surface area contributed by atoms with Gasteiger partial charge in [0.05, 0.1) is 41.6 Å². The van der Waals surface area contributed by atoms with Gasteiger partial charge in [-0.1, -0.05) is 12.1 Å². The van der Waals surface area contributed by atoms with Crippen molar-refractivity contribution in [3.05, 3.63) is 89.0 Å². The van der Waals surface area contributed by atoms with Crippen LogP contribution in [0.3, 0.4) is 0 Å². The maximum atomic E-state index is 12.1. The van der Waals surface area contributed by atoms with Gasteiger partial charge in [-0.25, -0.2) is 9.78 Å². The standard InChI is InChI=1S/C27H26N4O2/c1-18(2)33-27(32)22-9-11-24(12-10-22)31-19(3)13-23(20(31)4)14-21(15-28)16-30-17-29-25-7-5-6-8-26(25)30/h5-14,17-18H,16H2,1-4H3/b21-14-. The molecule has 4 rings (SSSR count). The Balaban J connectivity index is 1.62. The van der Waals surface area contributed by atoms with Crippen LogP contribution in [0.1, 0.15) is 41.2 Å². The fourth-order valence-electron chi connectivity index (χ4n) is 3.98. The minimum absolute atomic E-state index is 0.157. The predicted molar refractivity (Wildman–Crippen MR) is 129 cm³/mol. The molecular weight excluding hydrogens is 412 g/mol. The number of hydrogen-bond donors (Lipinski definition) is 0. The van der Waals surface area contributed by atoms with Crippen LogP contribution >= 0.6 is 0 Å². The lowest BCUT2D eigenvalue weighted by molar-refractivity contribution is 0.0378. The molecule has 2 aromatic heterocycles. The van der Waals surface area contributed by atoms with Gasteiger partial charge in [-0.3, -0.25) is 0 Å². The highest BCUT2D eigenvalue weighted by atomic mass is 16.5. The normalized spacial score (nSPS) is 11.7. The monoisotopic (exact) mass is 438 g/mol. The smallest absolute Gasteiger partial charge is 0.338 e. The molecule has 0 spiro atoms. The molecule has 0 unspecified atom stereocenters. The molecular formula is C27H26N4O2. The Morgan fingerprint density at radius 2 is 1.88 bits per heavy atom. The van der Waals surface area contributed by atoms with Gasteiger partial charge in [0.1, 0.15) is 0 Å². The van der Waals surface area contributed by atoms with Crippen LogP contribution in [0.2, 0.25) is 0 Å². The number of benzene rings is 2. The van der Waals surface area contributed by atoms with Crippen LogP contribution in [0.5, 0.6) is 0 Å². The predicted octanol–water partition coefficient (Wildman–Crippen LogP) is 5.62. The number of aryl methyl sites for hydroxylation is 1. The number of aromatic nitrogens is 3. The first kappa shape index (κ1) is 22.1. The maximum Gasteiger partial charge on any atom is 0.338 e. The molecule has 0 fully saturated rings. The number of nitrogens with zero attached hydrogens (tertiary/aromatic N) is 4. The molecule has 0 amide bonds. The van der Waals surface area contributed by atoms with Crippen molar-refractivity contribution in [3.63, 3.8) is 0 Å². The molecule has 6 heteroatoms. The third-order valence-electron chi connectivity index (χ3n) is 5.52. The summed E-state index contributed by atoms with van der Waals surface area (Å²) in [5.74, 6) is -0.327.